The van der Waals surface area contributed by atoms with Gasteiger partial charge in [0.05, 0.1) is 7.11 Å². The SMILES string of the molecule is COC(=O)CCCN(CCCNC(=O)Nc1ccc(Br)cc1)CCc1ccc(Cl)cc1. The second kappa shape index (κ2) is 14.1. The number of carbonyl (C=O) groups is 2. The van der Waals surface area contributed by atoms with Gasteiger partial charge in [0.1, 0.15) is 0 Å². The number of anilines is 1. The van der Waals surface area contributed by atoms with E-state index in [2.05, 4.69) is 31.5 Å². The number of nitrogens with zero attached hydrogens (tertiary/aromatic N) is 1. The van der Waals surface area contributed by atoms with Crippen LogP contribution in [0.3, 0.4) is 0 Å². The fraction of sp³-hybridized carbons (Fsp3) is 0.391. The van der Waals surface area contributed by atoms with Gasteiger partial charge in [0.25, 0.3) is 0 Å². The molecule has 0 unspecified atom stereocenters. The average molecular weight is 511 g/mol. The largest absolute Gasteiger partial charge is 0.469 e. The molecule has 168 valence electrons. The Kier molecular flexibility index (Phi) is 11.4. The zero-order valence-electron chi connectivity index (χ0n) is 17.7. The van der Waals surface area contributed by atoms with Crippen molar-refractivity contribution in [2.45, 2.75) is 25.7 Å². The van der Waals surface area contributed by atoms with Gasteiger partial charge in [0.15, 0.2) is 0 Å². The first-order valence-corrected chi connectivity index (χ1v) is 11.5. The van der Waals surface area contributed by atoms with Crippen molar-refractivity contribution in [1.29, 1.82) is 0 Å². The Hall–Kier alpha value is -2.09. The van der Waals surface area contributed by atoms with Crippen LogP contribution in [-0.4, -0.2) is 50.2 Å². The summed E-state index contributed by atoms with van der Waals surface area (Å²) in [6.07, 6.45) is 2.85. The van der Waals surface area contributed by atoms with E-state index in [1.165, 1.54) is 12.7 Å². The molecule has 31 heavy (non-hydrogen) atoms. The summed E-state index contributed by atoms with van der Waals surface area (Å²) < 4.78 is 5.69. The van der Waals surface area contributed by atoms with Crippen molar-refractivity contribution >= 4 is 45.2 Å². The van der Waals surface area contributed by atoms with E-state index in [0.717, 1.165) is 54.1 Å². The van der Waals surface area contributed by atoms with E-state index in [9.17, 15) is 9.59 Å². The van der Waals surface area contributed by atoms with Gasteiger partial charge >= 0.3 is 12.0 Å². The molecule has 0 saturated carbocycles. The first-order valence-electron chi connectivity index (χ1n) is 10.3. The van der Waals surface area contributed by atoms with Crippen molar-refractivity contribution in [3.63, 3.8) is 0 Å². The number of esters is 1. The number of benzene rings is 2. The van der Waals surface area contributed by atoms with E-state index in [1.54, 1.807) is 0 Å². The van der Waals surface area contributed by atoms with Gasteiger partial charge in [-0.3, -0.25) is 4.79 Å². The molecule has 0 radical (unpaired) electrons. The van der Waals surface area contributed by atoms with E-state index in [1.807, 2.05) is 48.5 Å². The van der Waals surface area contributed by atoms with Gasteiger partial charge in [-0.15, -0.1) is 0 Å². The summed E-state index contributed by atoms with van der Waals surface area (Å²) in [5.41, 5.74) is 1.96. The molecule has 0 aromatic heterocycles. The number of ether oxygens (including phenoxy) is 1. The minimum absolute atomic E-state index is 0.191. The highest BCUT2D eigenvalue weighted by atomic mass is 79.9. The van der Waals surface area contributed by atoms with Crippen molar-refractivity contribution < 1.29 is 14.3 Å². The summed E-state index contributed by atoms with van der Waals surface area (Å²) >= 11 is 9.33. The molecule has 2 N–H and O–H groups in total. The number of amides is 2. The van der Waals surface area contributed by atoms with E-state index >= 15 is 0 Å². The third-order valence-electron chi connectivity index (χ3n) is 4.75. The lowest BCUT2D eigenvalue weighted by Crippen LogP contribution is -2.34. The standard InChI is InChI=1S/C23H29BrClN3O3/c1-31-22(29)4-2-15-28(17-13-18-5-9-20(25)10-6-18)16-3-14-26-23(30)27-21-11-7-19(24)8-12-21/h5-12H,2-4,13-17H2,1H3,(H2,26,27,30). The molecule has 6 nitrogen and oxygen atoms in total. The van der Waals surface area contributed by atoms with Crippen molar-refractivity contribution in [1.82, 2.24) is 10.2 Å². The second-order valence-corrected chi connectivity index (χ2v) is 8.49. The lowest BCUT2D eigenvalue weighted by Gasteiger charge is -2.22. The Labute approximate surface area is 197 Å². The van der Waals surface area contributed by atoms with Crippen LogP contribution in [0.2, 0.25) is 5.02 Å². The van der Waals surface area contributed by atoms with Crippen LogP contribution in [0.5, 0.6) is 0 Å². The average Bonchev–Trinajstić information content (AvgIpc) is 2.77. The molecular formula is C23H29BrClN3O3. The first kappa shape index (κ1) is 25.2. The van der Waals surface area contributed by atoms with Gasteiger partial charge in [0.2, 0.25) is 0 Å². The third kappa shape index (κ3) is 10.7. The van der Waals surface area contributed by atoms with Gasteiger partial charge in [-0.25, -0.2) is 4.79 Å². The Balaban J connectivity index is 1.74. The Morgan fingerprint density at radius 3 is 2.35 bits per heavy atom. The van der Waals surface area contributed by atoms with Crippen LogP contribution in [0.1, 0.15) is 24.8 Å². The van der Waals surface area contributed by atoms with E-state index in [4.69, 9.17) is 16.3 Å². The summed E-state index contributed by atoms with van der Waals surface area (Å²) in [5.74, 6) is -0.191. The molecule has 0 heterocycles. The molecule has 2 aromatic rings. The highest BCUT2D eigenvalue weighted by Crippen LogP contribution is 2.14. The molecule has 0 aliphatic heterocycles. The third-order valence-corrected chi connectivity index (χ3v) is 5.53. The van der Waals surface area contributed by atoms with Crippen LogP contribution in [0.4, 0.5) is 10.5 Å². The number of carbonyl (C=O) groups excluding carboxylic acids is 2. The van der Waals surface area contributed by atoms with Crippen LogP contribution >= 0.6 is 27.5 Å². The summed E-state index contributed by atoms with van der Waals surface area (Å²) in [6.45, 7) is 3.06. The van der Waals surface area contributed by atoms with E-state index in [-0.39, 0.29) is 12.0 Å². The predicted octanol–water partition coefficient (Wildman–Crippen LogP) is 5.11. The Morgan fingerprint density at radius 2 is 1.68 bits per heavy atom. The summed E-state index contributed by atoms with van der Waals surface area (Å²) in [4.78, 5) is 25.8. The van der Waals surface area contributed by atoms with Gasteiger partial charge in [0, 0.05) is 34.7 Å². The molecule has 0 atom stereocenters. The van der Waals surface area contributed by atoms with Gasteiger partial charge in [-0.1, -0.05) is 39.7 Å². The topological polar surface area (TPSA) is 70.7 Å². The monoisotopic (exact) mass is 509 g/mol. The smallest absolute Gasteiger partial charge is 0.319 e. The van der Waals surface area contributed by atoms with Crippen LogP contribution in [0, 0.1) is 0 Å². The van der Waals surface area contributed by atoms with Gasteiger partial charge in [-0.05, 0) is 74.3 Å². The summed E-state index contributed by atoms with van der Waals surface area (Å²) in [6, 6.07) is 15.1. The zero-order valence-corrected chi connectivity index (χ0v) is 20.0. The minimum atomic E-state index is -0.222. The molecule has 0 saturated heterocycles. The van der Waals surface area contributed by atoms with Gasteiger partial charge in [-0.2, -0.15) is 0 Å². The highest BCUT2D eigenvalue weighted by Gasteiger charge is 2.08. The molecule has 2 aromatic carbocycles. The Bertz CT molecular complexity index is 816. The van der Waals surface area contributed by atoms with Crippen molar-refractivity contribution in [3.05, 3.63) is 63.6 Å². The molecule has 0 fully saturated rings. The molecule has 2 amide bonds. The van der Waals surface area contributed by atoms with Gasteiger partial charge < -0.3 is 20.3 Å². The van der Waals surface area contributed by atoms with Crippen molar-refractivity contribution in [3.8, 4) is 0 Å². The maximum absolute atomic E-state index is 12.1. The van der Waals surface area contributed by atoms with Crippen LogP contribution in [0.15, 0.2) is 53.0 Å². The van der Waals surface area contributed by atoms with Crippen LogP contribution in [0.25, 0.3) is 0 Å². The number of hydrogen-bond donors (Lipinski definition) is 2. The molecule has 0 aliphatic rings. The van der Waals surface area contributed by atoms with Crippen LogP contribution < -0.4 is 10.6 Å². The van der Waals surface area contributed by atoms with Crippen molar-refractivity contribution in [2.75, 3.05) is 38.6 Å². The molecular weight excluding hydrogens is 482 g/mol. The van der Waals surface area contributed by atoms with E-state index < -0.39 is 0 Å². The summed E-state index contributed by atoms with van der Waals surface area (Å²) in [7, 11) is 1.41. The molecule has 0 bridgehead atoms. The predicted molar refractivity (Wildman–Crippen MR) is 129 cm³/mol. The fourth-order valence-electron chi connectivity index (χ4n) is 3.04. The maximum atomic E-state index is 12.1. The summed E-state index contributed by atoms with van der Waals surface area (Å²) in [5, 5.41) is 6.43. The molecule has 2 rings (SSSR count). The normalized spacial score (nSPS) is 10.7. The zero-order chi connectivity index (χ0) is 22.5. The highest BCUT2D eigenvalue weighted by molar-refractivity contribution is 9.10. The number of hydrogen-bond acceptors (Lipinski definition) is 4. The second-order valence-electron chi connectivity index (χ2n) is 7.14. The fourth-order valence-corrected chi connectivity index (χ4v) is 3.43. The number of rotatable bonds is 12. The van der Waals surface area contributed by atoms with Crippen LogP contribution in [-0.2, 0) is 16.0 Å². The minimum Gasteiger partial charge on any atom is -0.469 e. The van der Waals surface area contributed by atoms with E-state index in [0.29, 0.717) is 13.0 Å². The molecule has 0 aliphatic carbocycles. The number of methoxy groups -OCH3 is 1. The lowest BCUT2D eigenvalue weighted by molar-refractivity contribution is -0.140. The lowest BCUT2D eigenvalue weighted by atomic mass is 10.1. The Morgan fingerprint density at radius 1 is 1.00 bits per heavy atom. The quantitative estimate of drug-likeness (QED) is 0.307. The maximum Gasteiger partial charge on any atom is 0.319 e. The molecule has 0 spiro atoms. The number of urea groups is 1. The first-order chi connectivity index (χ1) is 15.0. The number of halogens is 2. The van der Waals surface area contributed by atoms with Crippen molar-refractivity contribution in [2.24, 2.45) is 0 Å². The molecule has 8 heteroatoms. The number of nitrogens with one attached hydrogen (secondary N) is 2.